The van der Waals surface area contributed by atoms with E-state index in [1.54, 1.807) is 10.4 Å². The van der Waals surface area contributed by atoms with Crippen LogP contribution in [-0.4, -0.2) is 21.7 Å². The predicted molar refractivity (Wildman–Crippen MR) is 109 cm³/mol. The number of rotatable bonds is 5. The topological polar surface area (TPSA) is 76.3 Å². The largest absolute Gasteiger partial charge is 0.368 e. The van der Waals surface area contributed by atoms with Crippen molar-refractivity contribution < 1.29 is 9.59 Å². The molecule has 2 N–H and O–H groups in total. The van der Waals surface area contributed by atoms with Crippen LogP contribution in [0.4, 0.5) is 0 Å². The van der Waals surface area contributed by atoms with Crippen molar-refractivity contribution in [2.45, 2.75) is 24.9 Å². The van der Waals surface area contributed by atoms with Crippen LogP contribution in [0, 0.1) is 0 Å². The second kappa shape index (κ2) is 7.73. The number of primary amides is 1. The molecule has 0 aliphatic heterocycles. The van der Waals surface area contributed by atoms with E-state index in [2.05, 4.69) is 4.98 Å². The number of nitrogens with zero attached hydrogens (tertiary/aromatic N) is 2. The zero-order valence-corrected chi connectivity index (χ0v) is 16.5. The van der Waals surface area contributed by atoms with Crippen LogP contribution in [-0.2, 0) is 11.2 Å². The van der Waals surface area contributed by atoms with Gasteiger partial charge in [0.25, 0.3) is 5.91 Å². The van der Waals surface area contributed by atoms with E-state index in [0.717, 1.165) is 17.5 Å². The summed E-state index contributed by atoms with van der Waals surface area (Å²) in [4.78, 5) is 32.1. The van der Waals surface area contributed by atoms with E-state index in [1.165, 1.54) is 17.5 Å². The van der Waals surface area contributed by atoms with Gasteiger partial charge < -0.3 is 10.6 Å². The molecule has 2 aromatic carbocycles. The van der Waals surface area contributed by atoms with E-state index < -0.39 is 11.9 Å². The van der Waals surface area contributed by atoms with E-state index in [9.17, 15) is 9.59 Å². The molecule has 28 heavy (non-hydrogen) atoms. The maximum Gasteiger partial charge on any atom is 0.267 e. The number of carbonyl (C=O) groups is 2. The molecule has 5 nitrogen and oxygen atoms in total. The molecule has 0 bridgehead atoms. The smallest absolute Gasteiger partial charge is 0.267 e. The minimum atomic E-state index is -0.884. The Morgan fingerprint density at radius 1 is 1.21 bits per heavy atom. The Balaban J connectivity index is 1.85. The minimum absolute atomic E-state index is 0.257. The van der Waals surface area contributed by atoms with Crippen molar-refractivity contribution in [2.75, 3.05) is 0 Å². The molecule has 1 unspecified atom stereocenters. The fourth-order valence-electron chi connectivity index (χ4n) is 3.82. The molecule has 1 heterocycles. The average Bonchev–Trinajstić information content (AvgIpc) is 3.36. The summed E-state index contributed by atoms with van der Waals surface area (Å²) < 4.78 is 0. The van der Waals surface area contributed by atoms with Crippen molar-refractivity contribution in [3.8, 4) is 0 Å². The highest BCUT2D eigenvalue weighted by atomic mass is 35.5. The molecule has 2 amide bonds. The van der Waals surface area contributed by atoms with Gasteiger partial charge in [0.15, 0.2) is 0 Å². The molecule has 7 heteroatoms. The van der Waals surface area contributed by atoms with Crippen molar-refractivity contribution in [1.29, 1.82) is 0 Å². The van der Waals surface area contributed by atoms with Gasteiger partial charge in [0.05, 0.1) is 17.7 Å². The number of thiazole rings is 1. The number of aromatic nitrogens is 1. The van der Waals surface area contributed by atoms with E-state index in [1.807, 2.05) is 48.5 Å². The predicted octanol–water partition coefficient (Wildman–Crippen LogP) is 4.15. The van der Waals surface area contributed by atoms with Gasteiger partial charge >= 0.3 is 0 Å². The van der Waals surface area contributed by atoms with Crippen LogP contribution in [0.15, 0.2) is 60.2 Å². The number of aryl methyl sites for hydroxylation is 1. The number of nitrogens with two attached hydrogens (primary N) is 1. The summed E-state index contributed by atoms with van der Waals surface area (Å²) in [6.45, 7) is 0. The summed E-state index contributed by atoms with van der Waals surface area (Å²) in [5, 5.41) is 0.603. The third kappa shape index (κ3) is 3.41. The zero-order chi connectivity index (χ0) is 19.7. The molecule has 1 aliphatic carbocycles. The number of fused-ring (bicyclic) bond motifs is 1. The summed E-state index contributed by atoms with van der Waals surface area (Å²) >= 11 is 7.48. The second-order valence-electron chi connectivity index (χ2n) is 6.69. The Labute approximate surface area is 171 Å². The lowest BCUT2D eigenvalue weighted by molar-refractivity contribution is -0.123. The van der Waals surface area contributed by atoms with Crippen molar-refractivity contribution >= 4 is 34.8 Å². The first kappa shape index (κ1) is 18.7. The number of hydrogen-bond acceptors (Lipinski definition) is 4. The maximum atomic E-state index is 13.5. The Morgan fingerprint density at radius 2 is 2.00 bits per heavy atom. The number of benzene rings is 2. The van der Waals surface area contributed by atoms with Crippen LogP contribution < -0.4 is 5.73 Å². The molecular formula is C21H18ClN3O2S. The third-order valence-electron chi connectivity index (χ3n) is 5.03. The lowest BCUT2D eigenvalue weighted by Gasteiger charge is -2.35. The lowest BCUT2D eigenvalue weighted by atomic mass is 9.99. The van der Waals surface area contributed by atoms with Gasteiger partial charge in [-0.2, -0.15) is 0 Å². The molecule has 1 aliphatic rings. The highest BCUT2D eigenvalue weighted by Gasteiger charge is 2.39. The minimum Gasteiger partial charge on any atom is -0.368 e. The number of amides is 2. The van der Waals surface area contributed by atoms with Gasteiger partial charge in [0.2, 0.25) is 5.91 Å². The van der Waals surface area contributed by atoms with Crippen molar-refractivity contribution in [3.05, 3.63) is 86.8 Å². The Bertz CT molecular complexity index is 1010. The van der Waals surface area contributed by atoms with Gasteiger partial charge in [-0.15, -0.1) is 11.3 Å². The van der Waals surface area contributed by atoms with Gasteiger partial charge in [-0.3, -0.25) is 14.6 Å². The molecule has 1 aromatic heterocycles. The van der Waals surface area contributed by atoms with Gasteiger partial charge in [-0.1, -0.05) is 48.0 Å². The standard InChI is InChI=1S/C21H18ClN3O2S/c22-15-8-6-13-7-9-17(16(13)10-15)25(21(27)18-11-24-12-28-18)19(20(23)26)14-4-2-1-3-5-14/h1-6,8,10-12,17,19H,7,9H2,(H2,23,26)/t17-,19?/m1/s1. The van der Waals surface area contributed by atoms with Crippen LogP contribution in [0.3, 0.4) is 0 Å². The summed E-state index contributed by atoms with van der Waals surface area (Å²) in [5.41, 5.74) is 10.2. The summed E-state index contributed by atoms with van der Waals surface area (Å²) in [6.07, 6.45) is 3.04. The number of halogens is 1. The van der Waals surface area contributed by atoms with Crippen LogP contribution in [0.2, 0.25) is 5.02 Å². The SMILES string of the molecule is NC(=O)C(c1ccccc1)N(C(=O)c1cncs1)[C@@H]1CCc2ccc(Cl)cc21. The number of hydrogen-bond donors (Lipinski definition) is 1. The fourth-order valence-corrected chi connectivity index (χ4v) is 4.57. The van der Waals surface area contributed by atoms with Crippen LogP contribution in [0.1, 0.15) is 44.9 Å². The maximum absolute atomic E-state index is 13.5. The fraction of sp³-hybridized carbons (Fsp3) is 0.190. The Kier molecular flexibility index (Phi) is 5.15. The van der Waals surface area contributed by atoms with E-state index in [0.29, 0.717) is 21.9 Å². The molecular weight excluding hydrogens is 394 g/mol. The Morgan fingerprint density at radius 3 is 2.68 bits per heavy atom. The van der Waals surface area contributed by atoms with Gasteiger partial charge in [0.1, 0.15) is 10.9 Å². The second-order valence-corrected chi connectivity index (χ2v) is 8.01. The molecule has 4 rings (SSSR count). The van der Waals surface area contributed by atoms with Crippen LogP contribution >= 0.6 is 22.9 Å². The lowest BCUT2D eigenvalue weighted by Crippen LogP contribution is -2.43. The highest BCUT2D eigenvalue weighted by Crippen LogP contribution is 2.42. The summed E-state index contributed by atoms with van der Waals surface area (Å²) in [6, 6.07) is 13.7. The third-order valence-corrected chi connectivity index (χ3v) is 6.03. The molecule has 0 saturated carbocycles. The average molecular weight is 412 g/mol. The molecule has 0 radical (unpaired) electrons. The summed E-state index contributed by atoms with van der Waals surface area (Å²) in [7, 11) is 0. The van der Waals surface area contributed by atoms with Crippen molar-refractivity contribution in [3.63, 3.8) is 0 Å². The molecule has 3 aromatic rings. The summed E-state index contributed by atoms with van der Waals surface area (Å²) in [5.74, 6) is -0.826. The first-order valence-electron chi connectivity index (χ1n) is 8.90. The molecule has 142 valence electrons. The Hall–Kier alpha value is -2.70. The normalized spacial score (nSPS) is 16.4. The van der Waals surface area contributed by atoms with Crippen LogP contribution in [0.25, 0.3) is 0 Å². The monoisotopic (exact) mass is 411 g/mol. The first-order chi connectivity index (χ1) is 13.6. The van der Waals surface area contributed by atoms with E-state index >= 15 is 0 Å². The van der Waals surface area contributed by atoms with Crippen molar-refractivity contribution in [1.82, 2.24) is 9.88 Å². The first-order valence-corrected chi connectivity index (χ1v) is 10.2. The van der Waals surface area contributed by atoms with E-state index in [-0.39, 0.29) is 11.9 Å². The number of carbonyl (C=O) groups excluding carboxylic acids is 2. The highest BCUT2D eigenvalue weighted by molar-refractivity contribution is 7.11. The van der Waals surface area contributed by atoms with E-state index in [4.69, 9.17) is 17.3 Å². The molecule has 0 spiro atoms. The van der Waals surface area contributed by atoms with Crippen LogP contribution in [0.5, 0.6) is 0 Å². The molecule has 0 fully saturated rings. The molecule has 2 atom stereocenters. The molecule has 0 saturated heterocycles. The van der Waals surface area contributed by atoms with Crippen molar-refractivity contribution in [2.24, 2.45) is 5.73 Å². The van der Waals surface area contributed by atoms with Gasteiger partial charge in [-0.25, -0.2) is 0 Å². The zero-order valence-electron chi connectivity index (χ0n) is 14.9. The van der Waals surface area contributed by atoms with Gasteiger partial charge in [-0.05, 0) is 41.7 Å². The quantitative estimate of drug-likeness (QED) is 0.685. The van der Waals surface area contributed by atoms with Gasteiger partial charge in [0, 0.05) is 5.02 Å².